The summed E-state index contributed by atoms with van der Waals surface area (Å²) in [7, 11) is 0. The molecule has 1 unspecified atom stereocenters. The fraction of sp³-hybridized carbons (Fsp3) is 0.235. The Hall–Kier alpha value is -1.78. The van der Waals surface area contributed by atoms with Gasteiger partial charge in [-0.2, -0.15) is 0 Å². The van der Waals surface area contributed by atoms with Gasteiger partial charge in [0, 0.05) is 24.4 Å². The molecule has 1 atom stereocenters. The molecule has 108 valence electrons. The van der Waals surface area contributed by atoms with Gasteiger partial charge in [0.05, 0.1) is 5.69 Å². The summed E-state index contributed by atoms with van der Waals surface area (Å²) < 4.78 is 2.15. The largest absolute Gasteiger partial charge is 0.328 e. The van der Waals surface area contributed by atoms with Gasteiger partial charge in [0.2, 0.25) is 0 Å². The number of thioether (sulfide) groups is 1. The molecule has 3 aromatic rings. The van der Waals surface area contributed by atoms with Crippen LogP contribution in [0.3, 0.4) is 0 Å². The van der Waals surface area contributed by atoms with Crippen molar-refractivity contribution < 1.29 is 0 Å². The number of rotatable bonds is 5. The predicted molar refractivity (Wildman–Crippen MR) is 88.5 cm³/mol. The maximum atomic E-state index is 6.00. The van der Waals surface area contributed by atoms with Crippen LogP contribution in [-0.4, -0.2) is 15.4 Å². The number of hydrogen-bond donors (Lipinski definition) is 1. The van der Waals surface area contributed by atoms with Gasteiger partial charge in [0.15, 0.2) is 0 Å². The lowest BCUT2D eigenvalue weighted by Gasteiger charge is -2.07. The SMILES string of the molecule is CC(N)Cc1c(SCc2ccccc2)nc2ccccn12. The van der Waals surface area contributed by atoms with Crippen LogP contribution in [0, 0.1) is 0 Å². The van der Waals surface area contributed by atoms with Crippen molar-refractivity contribution in [1.82, 2.24) is 9.38 Å². The van der Waals surface area contributed by atoms with Gasteiger partial charge in [0.25, 0.3) is 0 Å². The van der Waals surface area contributed by atoms with Crippen molar-refractivity contribution >= 4 is 17.4 Å². The summed E-state index contributed by atoms with van der Waals surface area (Å²) in [6.45, 7) is 2.04. The Balaban J connectivity index is 1.89. The molecule has 0 bridgehead atoms. The van der Waals surface area contributed by atoms with Gasteiger partial charge in [0.1, 0.15) is 10.7 Å². The standard InChI is InChI=1S/C17H19N3S/c1-13(18)11-15-17(19-16-9-5-6-10-20(15)16)21-12-14-7-3-2-4-8-14/h2-10,13H,11-12,18H2,1H3. The van der Waals surface area contributed by atoms with Gasteiger partial charge in [-0.25, -0.2) is 4.98 Å². The first-order valence-corrected chi connectivity index (χ1v) is 8.11. The van der Waals surface area contributed by atoms with Crippen LogP contribution in [-0.2, 0) is 12.2 Å². The van der Waals surface area contributed by atoms with Crippen molar-refractivity contribution in [2.45, 2.75) is 30.2 Å². The first kappa shape index (κ1) is 14.2. The van der Waals surface area contributed by atoms with Crippen LogP contribution in [0.2, 0.25) is 0 Å². The Morgan fingerprint density at radius 1 is 1.14 bits per heavy atom. The lowest BCUT2D eigenvalue weighted by Crippen LogP contribution is -2.19. The molecule has 0 fully saturated rings. The zero-order valence-corrected chi connectivity index (χ0v) is 12.9. The van der Waals surface area contributed by atoms with Gasteiger partial charge in [-0.3, -0.25) is 0 Å². The summed E-state index contributed by atoms with van der Waals surface area (Å²) in [6.07, 6.45) is 2.90. The van der Waals surface area contributed by atoms with Crippen LogP contribution in [0.5, 0.6) is 0 Å². The van der Waals surface area contributed by atoms with Crippen LogP contribution in [0.4, 0.5) is 0 Å². The van der Waals surface area contributed by atoms with E-state index >= 15 is 0 Å². The minimum atomic E-state index is 0.126. The van der Waals surface area contributed by atoms with Gasteiger partial charge < -0.3 is 10.1 Å². The van der Waals surface area contributed by atoms with E-state index in [0.29, 0.717) is 0 Å². The molecule has 3 nitrogen and oxygen atoms in total. The van der Waals surface area contributed by atoms with E-state index in [-0.39, 0.29) is 6.04 Å². The molecule has 2 heterocycles. The second-order valence-electron chi connectivity index (χ2n) is 5.25. The van der Waals surface area contributed by atoms with E-state index in [1.165, 1.54) is 11.3 Å². The van der Waals surface area contributed by atoms with Crippen molar-refractivity contribution in [1.29, 1.82) is 0 Å². The van der Waals surface area contributed by atoms with Gasteiger partial charge in [-0.1, -0.05) is 48.2 Å². The number of nitrogens with two attached hydrogens (primary N) is 1. The Bertz CT molecular complexity index is 719. The molecule has 0 aliphatic rings. The first-order chi connectivity index (χ1) is 10.2. The number of hydrogen-bond acceptors (Lipinski definition) is 3. The molecule has 0 amide bonds. The fourth-order valence-corrected chi connectivity index (χ4v) is 3.36. The minimum absolute atomic E-state index is 0.126. The Kier molecular flexibility index (Phi) is 4.27. The molecule has 0 radical (unpaired) electrons. The number of aromatic nitrogens is 2. The number of nitrogens with zero attached hydrogens (tertiary/aromatic N) is 2. The average molecular weight is 297 g/mol. The number of pyridine rings is 1. The van der Waals surface area contributed by atoms with Crippen LogP contribution in [0.25, 0.3) is 5.65 Å². The molecule has 4 heteroatoms. The van der Waals surface area contributed by atoms with Crippen LogP contribution in [0.1, 0.15) is 18.2 Å². The third-order valence-corrected chi connectivity index (χ3v) is 4.40. The van der Waals surface area contributed by atoms with Crippen molar-refractivity contribution in [2.75, 3.05) is 0 Å². The maximum absolute atomic E-state index is 6.00. The van der Waals surface area contributed by atoms with Gasteiger partial charge in [-0.05, 0) is 24.6 Å². The highest BCUT2D eigenvalue weighted by molar-refractivity contribution is 7.98. The molecule has 2 aromatic heterocycles. The third-order valence-electron chi connectivity index (χ3n) is 3.33. The quantitative estimate of drug-likeness (QED) is 0.733. The van der Waals surface area contributed by atoms with Crippen molar-refractivity contribution in [3.05, 3.63) is 66.0 Å². The number of imidazole rings is 1. The molecule has 0 spiro atoms. The topological polar surface area (TPSA) is 43.3 Å². The van der Waals surface area contributed by atoms with E-state index in [4.69, 9.17) is 10.7 Å². The van der Waals surface area contributed by atoms with E-state index < -0.39 is 0 Å². The summed E-state index contributed by atoms with van der Waals surface area (Å²) in [4.78, 5) is 4.75. The Labute approximate surface area is 129 Å². The van der Waals surface area contributed by atoms with Crippen LogP contribution < -0.4 is 5.73 Å². The van der Waals surface area contributed by atoms with Crippen molar-refractivity contribution in [3.8, 4) is 0 Å². The molecule has 0 aliphatic carbocycles. The van der Waals surface area contributed by atoms with E-state index in [9.17, 15) is 0 Å². The summed E-state index contributed by atoms with van der Waals surface area (Å²) in [5.74, 6) is 0.927. The van der Waals surface area contributed by atoms with Gasteiger partial charge >= 0.3 is 0 Å². The number of fused-ring (bicyclic) bond motifs is 1. The van der Waals surface area contributed by atoms with Crippen molar-refractivity contribution in [3.63, 3.8) is 0 Å². The molecule has 21 heavy (non-hydrogen) atoms. The van der Waals surface area contributed by atoms with E-state index in [2.05, 4.69) is 34.9 Å². The molecular weight excluding hydrogens is 278 g/mol. The lowest BCUT2D eigenvalue weighted by molar-refractivity contribution is 0.705. The molecule has 3 rings (SSSR count). The van der Waals surface area contributed by atoms with Gasteiger partial charge in [-0.15, -0.1) is 0 Å². The van der Waals surface area contributed by atoms with Crippen LogP contribution in [0.15, 0.2) is 59.8 Å². The summed E-state index contributed by atoms with van der Waals surface area (Å²) in [6, 6.07) is 16.7. The summed E-state index contributed by atoms with van der Waals surface area (Å²) >= 11 is 1.78. The van der Waals surface area contributed by atoms with E-state index in [1.54, 1.807) is 11.8 Å². The lowest BCUT2D eigenvalue weighted by atomic mass is 10.2. The molecule has 0 saturated heterocycles. The zero-order chi connectivity index (χ0) is 14.7. The highest BCUT2D eigenvalue weighted by Gasteiger charge is 2.13. The van der Waals surface area contributed by atoms with E-state index in [0.717, 1.165) is 22.8 Å². The number of benzene rings is 1. The smallest absolute Gasteiger partial charge is 0.138 e. The zero-order valence-electron chi connectivity index (χ0n) is 12.1. The van der Waals surface area contributed by atoms with Crippen molar-refractivity contribution in [2.24, 2.45) is 5.73 Å². The van der Waals surface area contributed by atoms with E-state index in [1.807, 2.05) is 31.2 Å². The highest BCUT2D eigenvalue weighted by atomic mass is 32.2. The highest BCUT2D eigenvalue weighted by Crippen LogP contribution is 2.27. The molecule has 0 aliphatic heterocycles. The summed E-state index contributed by atoms with van der Waals surface area (Å²) in [5.41, 5.74) is 9.51. The normalized spacial score (nSPS) is 12.7. The second kappa shape index (κ2) is 6.33. The molecular formula is C17H19N3S. The third kappa shape index (κ3) is 3.28. The minimum Gasteiger partial charge on any atom is -0.328 e. The Morgan fingerprint density at radius 2 is 1.90 bits per heavy atom. The summed E-state index contributed by atoms with van der Waals surface area (Å²) in [5, 5.41) is 1.09. The van der Waals surface area contributed by atoms with Crippen LogP contribution >= 0.6 is 11.8 Å². The predicted octanol–water partition coefficient (Wildman–Crippen LogP) is 3.52. The second-order valence-corrected chi connectivity index (χ2v) is 6.21. The Morgan fingerprint density at radius 3 is 2.67 bits per heavy atom. The molecule has 1 aromatic carbocycles. The molecule has 0 saturated carbocycles. The molecule has 2 N–H and O–H groups in total. The first-order valence-electron chi connectivity index (χ1n) is 7.12. The maximum Gasteiger partial charge on any atom is 0.138 e. The monoisotopic (exact) mass is 297 g/mol. The average Bonchev–Trinajstić information content (AvgIpc) is 2.84. The fourth-order valence-electron chi connectivity index (χ4n) is 2.36.